The topological polar surface area (TPSA) is 58.6 Å². The SMILES string of the molecule is CCCCNC(=O)C(CC)N(Cc1ccccc1)C(=O)COc1ccc(F)cc1. The average molecular weight is 400 g/mol. The summed E-state index contributed by atoms with van der Waals surface area (Å²) < 4.78 is 18.6. The second kappa shape index (κ2) is 11.8. The van der Waals surface area contributed by atoms with Crippen LogP contribution in [0.3, 0.4) is 0 Å². The minimum Gasteiger partial charge on any atom is -0.484 e. The minimum absolute atomic E-state index is 0.160. The molecule has 2 aromatic rings. The maximum atomic E-state index is 13.0. The van der Waals surface area contributed by atoms with Crippen LogP contribution < -0.4 is 10.1 Å². The molecule has 0 bridgehead atoms. The average Bonchev–Trinajstić information content (AvgIpc) is 2.74. The van der Waals surface area contributed by atoms with Gasteiger partial charge in [-0.2, -0.15) is 0 Å². The Hall–Kier alpha value is -2.89. The summed E-state index contributed by atoms with van der Waals surface area (Å²) in [5.41, 5.74) is 0.933. The molecule has 2 aromatic carbocycles. The van der Waals surface area contributed by atoms with E-state index in [1.807, 2.05) is 37.3 Å². The minimum atomic E-state index is -0.587. The van der Waals surface area contributed by atoms with Crippen molar-refractivity contribution in [3.8, 4) is 5.75 Å². The van der Waals surface area contributed by atoms with Crippen molar-refractivity contribution in [1.82, 2.24) is 10.2 Å². The van der Waals surface area contributed by atoms with Crippen molar-refractivity contribution in [2.24, 2.45) is 0 Å². The summed E-state index contributed by atoms with van der Waals surface area (Å²) in [7, 11) is 0. The van der Waals surface area contributed by atoms with Crippen LogP contribution in [0.15, 0.2) is 54.6 Å². The van der Waals surface area contributed by atoms with Crippen LogP contribution >= 0.6 is 0 Å². The normalized spacial score (nSPS) is 11.6. The molecule has 2 rings (SSSR count). The smallest absolute Gasteiger partial charge is 0.261 e. The van der Waals surface area contributed by atoms with Gasteiger partial charge in [-0.1, -0.05) is 50.6 Å². The first-order valence-corrected chi connectivity index (χ1v) is 10.0. The monoisotopic (exact) mass is 400 g/mol. The Kier molecular flexibility index (Phi) is 9.15. The Morgan fingerprint density at radius 3 is 2.38 bits per heavy atom. The van der Waals surface area contributed by atoms with E-state index < -0.39 is 6.04 Å². The molecule has 0 radical (unpaired) electrons. The number of hydrogen-bond acceptors (Lipinski definition) is 3. The molecule has 29 heavy (non-hydrogen) atoms. The maximum Gasteiger partial charge on any atom is 0.261 e. The molecule has 0 fully saturated rings. The highest BCUT2D eigenvalue weighted by Crippen LogP contribution is 2.15. The van der Waals surface area contributed by atoms with E-state index in [9.17, 15) is 14.0 Å². The van der Waals surface area contributed by atoms with E-state index in [0.717, 1.165) is 18.4 Å². The lowest BCUT2D eigenvalue weighted by molar-refractivity contribution is -0.143. The number of nitrogens with one attached hydrogen (secondary N) is 1. The molecule has 0 aromatic heterocycles. The fraction of sp³-hybridized carbons (Fsp3) is 0.391. The number of benzene rings is 2. The standard InChI is InChI=1S/C23H29FN2O3/c1-3-5-15-25-23(28)21(4-2)26(16-18-9-7-6-8-10-18)22(27)17-29-20-13-11-19(24)12-14-20/h6-14,21H,3-5,15-17H2,1-2H3,(H,25,28). The van der Waals surface area contributed by atoms with Crippen LogP contribution in [0.1, 0.15) is 38.7 Å². The summed E-state index contributed by atoms with van der Waals surface area (Å²) in [6, 6.07) is 14.4. The molecule has 2 amide bonds. The van der Waals surface area contributed by atoms with E-state index in [4.69, 9.17) is 4.74 Å². The van der Waals surface area contributed by atoms with E-state index in [-0.39, 0.29) is 24.2 Å². The van der Waals surface area contributed by atoms with Crippen molar-refractivity contribution in [3.63, 3.8) is 0 Å². The first-order chi connectivity index (χ1) is 14.0. The van der Waals surface area contributed by atoms with Crippen molar-refractivity contribution < 1.29 is 18.7 Å². The van der Waals surface area contributed by atoms with Gasteiger partial charge in [0, 0.05) is 13.1 Å². The van der Waals surface area contributed by atoms with E-state index in [1.54, 1.807) is 4.90 Å². The summed E-state index contributed by atoms with van der Waals surface area (Å²) in [4.78, 5) is 27.2. The molecule has 6 heteroatoms. The summed E-state index contributed by atoms with van der Waals surface area (Å²) in [5.74, 6) is -0.424. The fourth-order valence-corrected chi connectivity index (χ4v) is 2.96. The van der Waals surface area contributed by atoms with Crippen LogP contribution in [-0.4, -0.2) is 35.9 Å². The second-order valence-corrected chi connectivity index (χ2v) is 6.82. The lowest BCUT2D eigenvalue weighted by Crippen LogP contribution is -2.50. The quantitative estimate of drug-likeness (QED) is 0.582. The van der Waals surface area contributed by atoms with E-state index >= 15 is 0 Å². The number of carbonyl (C=O) groups excluding carboxylic acids is 2. The number of amides is 2. The van der Waals surface area contributed by atoms with Gasteiger partial charge in [0.1, 0.15) is 17.6 Å². The molecule has 1 atom stereocenters. The largest absolute Gasteiger partial charge is 0.484 e. The number of halogens is 1. The summed E-state index contributed by atoms with van der Waals surface area (Å²) in [6.45, 7) is 4.62. The van der Waals surface area contributed by atoms with Gasteiger partial charge in [0.05, 0.1) is 0 Å². The molecule has 0 aliphatic rings. The van der Waals surface area contributed by atoms with Gasteiger partial charge < -0.3 is 15.0 Å². The van der Waals surface area contributed by atoms with Crippen LogP contribution in [0.4, 0.5) is 4.39 Å². The number of carbonyl (C=O) groups is 2. The van der Waals surface area contributed by atoms with E-state index in [1.165, 1.54) is 24.3 Å². The molecule has 0 aliphatic heterocycles. The number of ether oxygens (including phenoxy) is 1. The zero-order chi connectivity index (χ0) is 21.1. The van der Waals surface area contributed by atoms with Gasteiger partial charge in [0.15, 0.2) is 6.61 Å². The van der Waals surface area contributed by atoms with Crippen LogP contribution in [0.25, 0.3) is 0 Å². The van der Waals surface area contributed by atoms with Gasteiger partial charge in [-0.05, 0) is 42.7 Å². The third-order valence-electron chi connectivity index (χ3n) is 4.59. The van der Waals surface area contributed by atoms with Crippen molar-refractivity contribution in [2.75, 3.05) is 13.2 Å². The van der Waals surface area contributed by atoms with Crippen LogP contribution in [0.2, 0.25) is 0 Å². The maximum absolute atomic E-state index is 13.0. The lowest BCUT2D eigenvalue weighted by Gasteiger charge is -2.30. The highest BCUT2D eigenvalue weighted by molar-refractivity contribution is 5.88. The molecule has 5 nitrogen and oxygen atoms in total. The Bertz CT molecular complexity index is 765. The third-order valence-corrected chi connectivity index (χ3v) is 4.59. The molecule has 0 spiro atoms. The Labute approximate surface area is 171 Å². The molecule has 0 saturated carbocycles. The molecule has 1 N–H and O–H groups in total. The van der Waals surface area contributed by atoms with E-state index in [2.05, 4.69) is 12.2 Å². The van der Waals surface area contributed by atoms with Gasteiger partial charge in [0.25, 0.3) is 5.91 Å². The van der Waals surface area contributed by atoms with Gasteiger partial charge in [-0.15, -0.1) is 0 Å². The first kappa shape index (κ1) is 22.4. The second-order valence-electron chi connectivity index (χ2n) is 6.82. The Morgan fingerprint density at radius 1 is 1.07 bits per heavy atom. The Morgan fingerprint density at radius 2 is 1.76 bits per heavy atom. The summed E-state index contributed by atoms with van der Waals surface area (Å²) in [6.07, 6.45) is 2.37. The summed E-state index contributed by atoms with van der Waals surface area (Å²) in [5, 5.41) is 2.92. The molecule has 1 unspecified atom stereocenters. The van der Waals surface area contributed by atoms with Gasteiger partial charge in [-0.25, -0.2) is 4.39 Å². The number of hydrogen-bond donors (Lipinski definition) is 1. The highest BCUT2D eigenvalue weighted by atomic mass is 19.1. The summed E-state index contributed by atoms with van der Waals surface area (Å²) >= 11 is 0. The molecule has 156 valence electrons. The molecule has 0 saturated heterocycles. The van der Waals surface area contributed by atoms with Gasteiger partial charge in [-0.3, -0.25) is 9.59 Å². The number of rotatable bonds is 11. The van der Waals surface area contributed by atoms with E-state index in [0.29, 0.717) is 25.3 Å². The first-order valence-electron chi connectivity index (χ1n) is 10.0. The van der Waals surface area contributed by atoms with Crippen molar-refractivity contribution in [1.29, 1.82) is 0 Å². The van der Waals surface area contributed by atoms with Gasteiger partial charge >= 0.3 is 0 Å². The van der Waals surface area contributed by atoms with Crippen LogP contribution in [0, 0.1) is 5.82 Å². The predicted molar refractivity (Wildman–Crippen MR) is 111 cm³/mol. The zero-order valence-electron chi connectivity index (χ0n) is 17.1. The highest BCUT2D eigenvalue weighted by Gasteiger charge is 2.28. The molecule has 0 heterocycles. The fourth-order valence-electron chi connectivity index (χ4n) is 2.96. The van der Waals surface area contributed by atoms with Crippen molar-refractivity contribution in [2.45, 2.75) is 45.7 Å². The Balaban J connectivity index is 2.12. The third kappa shape index (κ3) is 7.22. The number of nitrogens with zero attached hydrogens (tertiary/aromatic N) is 1. The molecular formula is C23H29FN2O3. The van der Waals surface area contributed by atoms with Crippen molar-refractivity contribution in [3.05, 3.63) is 66.0 Å². The molecular weight excluding hydrogens is 371 g/mol. The van der Waals surface area contributed by atoms with Crippen LogP contribution in [-0.2, 0) is 16.1 Å². The predicted octanol–water partition coefficient (Wildman–Crippen LogP) is 3.93. The molecule has 0 aliphatic carbocycles. The van der Waals surface area contributed by atoms with Crippen LogP contribution in [0.5, 0.6) is 5.75 Å². The lowest BCUT2D eigenvalue weighted by atomic mass is 10.1. The number of unbranched alkanes of at least 4 members (excludes halogenated alkanes) is 1. The van der Waals surface area contributed by atoms with Crippen molar-refractivity contribution >= 4 is 11.8 Å². The zero-order valence-corrected chi connectivity index (χ0v) is 17.1. The van der Waals surface area contributed by atoms with Gasteiger partial charge in [0.2, 0.25) is 5.91 Å².